The molecule has 2 rings (SSSR count). The molecule has 2 aromatic rings. The largest absolute Gasteiger partial charge is 0.0843 e. The van der Waals surface area contributed by atoms with Crippen LogP contribution in [-0.2, 0) is 0 Å². The molecule has 0 aliphatic rings. The summed E-state index contributed by atoms with van der Waals surface area (Å²) >= 11 is 13.1. The van der Waals surface area contributed by atoms with Crippen LogP contribution in [0.4, 0.5) is 0 Å². The van der Waals surface area contributed by atoms with Crippen molar-refractivity contribution in [3.63, 3.8) is 0 Å². The Morgan fingerprint density at radius 2 is 1.44 bits per heavy atom. The number of halogens is 3. The Labute approximate surface area is 117 Å². The lowest BCUT2D eigenvalue weighted by atomic mass is 10.0. The van der Waals surface area contributed by atoms with Crippen LogP contribution in [0.15, 0.2) is 45.3 Å². The Morgan fingerprint density at radius 3 is 2.12 bits per heavy atom. The Bertz CT molecular complexity index is 486. The molecule has 0 aliphatic heterocycles. The van der Waals surface area contributed by atoms with Crippen LogP contribution in [0.25, 0.3) is 11.1 Å². The summed E-state index contributed by atoms with van der Waals surface area (Å²) in [6.07, 6.45) is 0. The van der Waals surface area contributed by atoms with Gasteiger partial charge in [0, 0.05) is 14.0 Å². The fourth-order valence-corrected chi connectivity index (χ4v) is 2.64. The maximum absolute atomic E-state index is 6.02. The van der Waals surface area contributed by atoms with Crippen LogP contribution >= 0.6 is 43.5 Å². The van der Waals surface area contributed by atoms with Gasteiger partial charge >= 0.3 is 0 Å². The van der Waals surface area contributed by atoms with Crippen molar-refractivity contribution < 1.29 is 0 Å². The van der Waals surface area contributed by atoms with Gasteiger partial charge in [-0.2, -0.15) is 0 Å². The van der Waals surface area contributed by atoms with E-state index in [9.17, 15) is 0 Å². The molecule has 0 saturated heterocycles. The number of benzene rings is 2. The van der Waals surface area contributed by atoms with Crippen molar-refractivity contribution in [1.82, 2.24) is 0 Å². The summed E-state index contributed by atoms with van der Waals surface area (Å²) in [5, 5.41) is 0.742. The van der Waals surface area contributed by atoms with Crippen LogP contribution in [0.2, 0.25) is 5.02 Å². The van der Waals surface area contributed by atoms with Gasteiger partial charge in [0.05, 0.1) is 0 Å². The predicted molar refractivity (Wildman–Crippen MR) is 77.0 cm³/mol. The molecule has 0 N–H and O–H groups in total. The molecule has 0 amide bonds. The van der Waals surface area contributed by atoms with Crippen molar-refractivity contribution in [1.29, 1.82) is 0 Å². The molecule has 0 heterocycles. The smallest absolute Gasteiger partial charge is 0.0412 e. The molecule has 16 heavy (non-hydrogen) atoms. The zero-order valence-corrected chi connectivity index (χ0v) is 12.5. The summed E-state index contributed by atoms with van der Waals surface area (Å²) in [4.78, 5) is 0. The van der Waals surface area contributed by atoms with Crippen LogP contribution in [0.5, 0.6) is 0 Å². The number of rotatable bonds is 1. The quantitative estimate of drug-likeness (QED) is 0.599. The molecule has 0 aromatic heterocycles. The van der Waals surface area contributed by atoms with E-state index in [0.717, 1.165) is 25.1 Å². The molecule has 0 aliphatic carbocycles. The molecular formula is C13H9Br2Cl. The van der Waals surface area contributed by atoms with Gasteiger partial charge in [-0.15, -0.1) is 0 Å². The third kappa shape index (κ3) is 2.50. The topological polar surface area (TPSA) is 0 Å². The standard InChI is InChI=1S/C13H9Br2Cl/c1-8-2-4-12(14)10(6-8)11-7-9(16)3-5-13(11)15/h2-7H,1H3. The van der Waals surface area contributed by atoms with Crippen LogP contribution in [0, 0.1) is 6.92 Å². The second-order valence-electron chi connectivity index (χ2n) is 3.61. The van der Waals surface area contributed by atoms with Crippen molar-refractivity contribution in [2.45, 2.75) is 6.92 Å². The predicted octanol–water partition coefficient (Wildman–Crippen LogP) is 5.84. The fourth-order valence-electron chi connectivity index (χ4n) is 1.55. The van der Waals surface area contributed by atoms with Crippen molar-refractivity contribution in [3.8, 4) is 11.1 Å². The molecule has 0 saturated carbocycles. The average Bonchev–Trinajstić information content (AvgIpc) is 2.25. The Kier molecular flexibility index (Phi) is 3.73. The minimum absolute atomic E-state index is 0.742. The third-order valence-corrected chi connectivity index (χ3v) is 3.96. The third-order valence-electron chi connectivity index (χ3n) is 2.34. The molecule has 0 spiro atoms. The molecule has 0 unspecified atom stereocenters. The second kappa shape index (κ2) is 4.91. The number of hydrogen-bond donors (Lipinski definition) is 0. The van der Waals surface area contributed by atoms with Gasteiger partial charge in [0.1, 0.15) is 0 Å². The molecule has 0 nitrogen and oxygen atoms in total. The summed E-state index contributed by atoms with van der Waals surface area (Å²) in [6, 6.07) is 12.1. The van der Waals surface area contributed by atoms with Crippen LogP contribution in [0.1, 0.15) is 5.56 Å². The summed E-state index contributed by atoms with van der Waals surface area (Å²) < 4.78 is 2.12. The fraction of sp³-hybridized carbons (Fsp3) is 0.0769. The SMILES string of the molecule is Cc1ccc(Br)c(-c2cc(Cl)ccc2Br)c1. The van der Waals surface area contributed by atoms with Crippen molar-refractivity contribution in [2.75, 3.05) is 0 Å². The van der Waals surface area contributed by atoms with E-state index in [2.05, 4.69) is 57.0 Å². The van der Waals surface area contributed by atoms with Gasteiger partial charge in [0.15, 0.2) is 0 Å². The zero-order chi connectivity index (χ0) is 11.7. The van der Waals surface area contributed by atoms with E-state index < -0.39 is 0 Å². The van der Waals surface area contributed by atoms with E-state index in [4.69, 9.17) is 11.6 Å². The maximum Gasteiger partial charge on any atom is 0.0412 e. The van der Waals surface area contributed by atoms with Gasteiger partial charge in [-0.1, -0.05) is 61.2 Å². The molecular weight excluding hydrogens is 351 g/mol. The van der Waals surface area contributed by atoms with Crippen LogP contribution < -0.4 is 0 Å². The van der Waals surface area contributed by atoms with Gasteiger partial charge in [-0.05, 0) is 42.3 Å². The van der Waals surface area contributed by atoms with Crippen molar-refractivity contribution in [2.24, 2.45) is 0 Å². The highest BCUT2D eigenvalue weighted by Crippen LogP contribution is 2.35. The second-order valence-corrected chi connectivity index (χ2v) is 5.75. The summed E-state index contributed by atoms with van der Waals surface area (Å²) in [5.74, 6) is 0. The highest BCUT2D eigenvalue weighted by molar-refractivity contribution is 9.11. The van der Waals surface area contributed by atoms with Crippen molar-refractivity contribution in [3.05, 3.63) is 55.9 Å². The van der Waals surface area contributed by atoms with Crippen LogP contribution in [0.3, 0.4) is 0 Å². The van der Waals surface area contributed by atoms with Gasteiger partial charge in [0.2, 0.25) is 0 Å². The van der Waals surface area contributed by atoms with Gasteiger partial charge in [0.25, 0.3) is 0 Å². The Morgan fingerprint density at radius 1 is 0.875 bits per heavy atom. The molecule has 0 bridgehead atoms. The van der Waals surface area contributed by atoms with Gasteiger partial charge in [-0.3, -0.25) is 0 Å². The first kappa shape index (κ1) is 12.2. The normalized spacial score (nSPS) is 10.5. The first-order chi connectivity index (χ1) is 7.58. The Hall–Kier alpha value is -0.310. The first-order valence-corrected chi connectivity index (χ1v) is 6.76. The van der Waals surface area contributed by atoms with E-state index in [-0.39, 0.29) is 0 Å². The van der Waals surface area contributed by atoms with Crippen molar-refractivity contribution >= 4 is 43.5 Å². The molecule has 2 aromatic carbocycles. The molecule has 82 valence electrons. The molecule has 0 atom stereocenters. The Balaban J connectivity index is 2.66. The van der Waals surface area contributed by atoms with E-state index in [1.165, 1.54) is 5.56 Å². The summed E-state index contributed by atoms with van der Waals surface area (Å²) in [5.41, 5.74) is 3.47. The van der Waals surface area contributed by atoms with E-state index in [1.54, 1.807) is 0 Å². The van der Waals surface area contributed by atoms with E-state index >= 15 is 0 Å². The maximum atomic E-state index is 6.02. The lowest BCUT2D eigenvalue weighted by Gasteiger charge is -2.09. The minimum atomic E-state index is 0.742. The number of hydrogen-bond acceptors (Lipinski definition) is 0. The lowest BCUT2D eigenvalue weighted by molar-refractivity contribution is 1.44. The highest BCUT2D eigenvalue weighted by atomic mass is 79.9. The highest BCUT2D eigenvalue weighted by Gasteiger charge is 2.07. The first-order valence-electron chi connectivity index (χ1n) is 4.79. The van der Waals surface area contributed by atoms with E-state index in [1.807, 2.05) is 18.2 Å². The van der Waals surface area contributed by atoms with Gasteiger partial charge < -0.3 is 0 Å². The lowest BCUT2D eigenvalue weighted by Crippen LogP contribution is -1.84. The van der Waals surface area contributed by atoms with Gasteiger partial charge in [-0.25, -0.2) is 0 Å². The molecule has 0 fully saturated rings. The summed E-state index contributed by atoms with van der Waals surface area (Å²) in [6.45, 7) is 2.08. The zero-order valence-electron chi connectivity index (χ0n) is 8.60. The number of aryl methyl sites for hydroxylation is 1. The molecule has 3 heteroatoms. The molecule has 0 radical (unpaired) electrons. The average molecular weight is 360 g/mol. The van der Waals surface area contributed by atoms with E-state index in [0.29, 0.717) is 0 Å². The minimum Gasteiger partial charge on any atom is -0.0843 e. The summed E-state index contributed by atoms with van der Waals surface area (Å²) in [7, 11) is 0. The van der Waals surface area contributed by atoms with Crippen LogP contribution in [-0.4, -0.2) is 0 Å². The monoisotopic (exact) mass is 358 g/mol.